The first-order chi connectivity index (χ1) is 10.6. The molecule has 0 radical (unpaired) electrons. The summed E-state index contributed by atoms with van der Waals surface area (Å²) in [5, 5.41) is 3.07. The molecule has 3 aromatic rings. The Morgan fingerprint density at radius 1 is 1.18 bits per heavy atom. The Hall–Kier alpha value is -2.73. The van der Waals surface area contributed by atoms with Gasteiger partial charge in [0.2, 0.25) is 0 Å². The van der Waals surface area contributed by atoms with Crippen LogP contribution < -0.4 is 5.32 Å². The van der Waals surface area contributed by atoms with Gasteiger partial charge in [0.05, 0.1) is 22.4 Å². The van der Waals surface area contributed by atoms with Crippen LogP contribution in [0.1, 0.15) is 27.0 Å². The molecule has 3 rings (SSSR count). The van der Waals surface area contributed by atoms with Crippen molar-refractivity contribution < 1.29 is 14.0 Å². The first-order valence-electron chi connectivity index (χ1n) is 6.56. The van der Waals surface area contributed by atoms with E-state index in [9.17, 15) is 9.59 Å². The monoisotopic (exact) mass is 312 g/mol. The summed E-state index contributed by atoms with van der Waals surface area (Å²) in [4.78, 5) is 28.7. The molecule has 0 bridgehead atoms. The van der Waals surface area contributed by atoms with Gasteiger partial charge in [0.25, 0.3) is 5.91 Å². The molecule has 5 nitrogen and oxygen atoms in total. The second-order valence-electron chi connectivity index (χ2n) is 4.59. The summed E-state index contributed by atoms with van der Waals surface area (Å²) in [6.07, 6.45) is 2.78. The van der Waals surface area contributed by atoms with Crippen molar-refractivity contribution in [2.24, 2.45) is 0 Å². The van der Waals surface area contributed by atoms with Crippen molar-refractivity contribution in [2.45, 2.75) is 6.92 Å². The Labute approximate surface area is 130 Å². The lowest BCUT2D eigenvalue weighted by atomic mass is 10.1. The number of ketones is 1. The normalized spacial score (nSPS) is 10.4. The summed E-state index contributed by atoms with van der Waals surface area (Å²) in [5.74, 6) is -0.405. The number of nitrogens with zero attached hydrogens (tertiary/aromatic N) is 1. The van der Waals surface area contributed by atoms with Gasteiger partial charge in [-0.1, -0.05) is 41.7 Å². The predicted molar refractivity (Wildman–Crippen MR) is 84.2 cm³/mol. The molecule has 0 fully saturated rings. The van der Waals surface area contributed by atoms with Crippen LogP contribution in [0.25, 0.3) is 11.3 Å². The molecule has 2 heterocycles. The molecule has 1 amide bonds. The van der Waals surface area contributed by atoms with Gasteiger partial charge in [0.1, 0.15) is 6.26 Å². The number of hydrogen-bond acceptors (Lipinski definition) is 5. The fourth-order valence-electron chi connectivity index (χ4n) is 1.97. The number of furan rings is 1. The van der Waals surface area contributed by atoms with E-state index in [0.717, 1.165) is 16.9 Å². The molecule has 22 heavy (non-hydrogen) atoms. The number of hydrogen-bond donors (Lipinski definition) is 1. The summed E-state index contributed by atoms with van der Waals surface area (Å²) >= 11 is 1.16. The highest BCUT2D eigenvalue weighted by molar-refractivity contribution is 7.18. The van der Waals surface area contributed by atoms with Crippen molar-refractivity contribution in [3.05, 3.63) is 59.4 Å². The third kappa shape index (κ3) is 2.82. The Balaban J connectivity index is 1.94. The van der Waals surface area contributed by atoms with Gasteiger partial charge in [-0.15, -0.1) is 0 Å². The summed E-state index contributed by atoms with van der Waals surface area (Å²) in [7, 11) is 0. The number of Topliss-reactive ketones (excluding diaryl/α,β-unsaturated/α-hetero) is 1. The molecular formula is C16H12N2O3S. The Morgan fingerprint density at radius 3 is 2.59 bits per heavy atom. The number of nitrogens with one attached hydrogen (secondary N) is 1. The lowest BCUT2D eigenvalue weighted by Gasteiger charge is -1.98. The number of benzene rings is 1. The van der Waals surface area contributed by atoms with E-state index in [2.05, 4.69) is 10.3 Å². The first-order valence-corrected chi connectivity index (χ1v) is 7.37. The quantitative estimate of drug-likeness (QED) is 0.743. The molecule has 6 heteroatoms. The van der Waals surface area contributed by atoms with E-state index in [-0.39, 0.29) is 11.7 Å². The Morgan fingerprint density at radius 2 is 1.95 bits per heavy atom. The fraction of sp³-hybridized carbons (Fsp3) is 0.0625. The zero-order valence-corrected chi connectivity index (χ0v) is 12.5. The molecule has 0 aliphatic heterocycles. The third-order valence-electron chi connectivity index (χ3n) is 3.00. The number of anilines is 1. The van der Waals surface area contributed by atoms with E-state index in [0.29, 0.717) is 21.3 Å². The van der Waals surface area contributed by atoms with Gasteiger partial charge in [-0.2, -0.15) is 0 Å². The van der Waals surface area contributed by atoms with Crippen molar-refractivity contribution in [3.63, 3.8) is 0 Å². The summed E-state index contributed by atoms with van der Waals surface area (Å²) in [5.41, 5.74) is 1.83. The van der Waals surface area contributed by atoms with Gasteiger partial charge in [0.15, 0.2) is 10.9 Å². The van der Waals surface area contributed by atoms with Gasteiger partial charge in [-0.3, -0.25) is 14.9 Å². The molecule has 0 aliphatic carbocycles. The average Bonchev–Trinajstić information content (AvgIpc) is 3.17. The minimum absolute atomic E-state index is 0.0832. The molecule has 2 aromatic heterocycles. The van der Waals surface area contributed by atoms with Crippen LogP contribution in [0.5, 0.6) is 0 Å². The number of aromatic nitrogens is 1. The number of rotatable bonds is 4. The van der Waals surface area contributed by atoms with Crippen molar-refractivity contribution in [1.29, 1.82) is 0 Å². The van der Waals surface area contributed by atoms with Gasteiger partial charge in [0, 0.05) is 12.5 Å². The van der Waals surface area contributed by atoms with Crippen molar-refractivity contribution in [2.75, 3.05) is 5.32 Å². The van der Waals surface area contributed by atoms with E-state index < -0.39 is 0 Å². The zero-order valence-electron chi connectivity index (χ0n) is 11.7. The maximum absolute atomic E-state index is 12.0. The van der Waals surface area contributed by atoms with Crippen LogP contribution in [-0.4, -0.2) is 16.7 Å². The van der Waals surface area contributed by atoms with Crippen molar-refractivity contribution >= 4 is 28.2 Å². The molecule has 0 atom stereocenters. The maximum Gasteiger partial charge on any atom is 0.260 e. The number of thiazole rings is 1. The van der Waals surface area contributed by atoms with Crippen LogP contribution in [0.4, 0.5) is 5.13 Å². The molecule has 0 aliphatic rings. The molecule has 0 unspecified atom stereocenters. The number of amides is 1. The van der Waals surface area contributed by atoms with E-state index in [1.165, 1.54) is 19.5 Å². The maximum atomic E-state index is 12.0. The minimum Gasteiger partial charge on any atom is -0.472 e. The fourth-order valence-corrected chi connectivity index (χ4v) is 2.84. The number of carbonyl (C=O) groups is 2. The summed E-state index contributed by atoms with van der Waals surface area (Å²) < 4.78 is 4.88. The molecule has 0 saturated carbocycles. The van der Waals surface area contributed by atoms with Crippen LogP contribution >= 0.6 is 11.3 Å². The van der Waals surface area contributed by atoms with Crippen LogP contribution in [0.15, 0.2) is 53.3 Å². The molecule has 1 N–H and O–H groups in total. The highest BCUT2D eigenvalue weighted by Gasteiger charge is 2.18. The van der Waals surface area contributed by atoms with Crippen LogP contribution in [0.2, 0.25) is 0 Å². The first kappa shape index (κ1) is 14.2. The largest absolute Gasteiger partial charge is 0.472 e. The van der Waals surface area contributed by atoms with Gasteiger partial charge in [-0.25, -0.2) is 4.98 Å². The lowest BCUT2D eigenvalue weighted by Crippen LogP contribution is -2.10. The number of carbonyl (C=O) groups excluding carboxylic acids is 2. The van der Waals surface area contributed by atoms with Crippen LogP contribution in [0, 0.1) is 0 Å². The Kier molecular flexibility index (Phi) is 3.84. The lowest BCUT2D eigenvalue weighted by molar-refractivity contribution is 0.101. The van der Waals surface area contributed by atoms with Crippen molar-refractivity contribution in [3.8, 4) is 11.3 Å². The predicted octanol–water partition coefficient (Wildman–Crippen LogP) is 3.86. The molecule has 1 aromatic carbocycles. The van der Waals surface area contributed by atoms with Crippen molar-refractivity contribution in [1.82, 2.24) is 4.98 Å². The van der Waals surface area contributed by atoms with Gasteiger partial charge >= 0.3 is 0 Å². The third-order valence-corrected chi connectivity index (χ3v) is 4.07. The molecule has 0 spiro atoms. The highest BCUT2D eigenvalue weighted by atomic mass is 32.1. The summed E-state index contributed by atoms with van der Waals surface area (Å²) in [6, 6.07) is 11.0. The molecular weight excluding hydrogens is 300 g/mol. The molecule has 110 valence electrons. The van der Waals surface area contributed by atoms with Crippen LogP contribution in [-0.2, 0) is 0 Å². The smallest absolute Gasteiger partial charge is 0.260 e. The second kappa shape index (κ2) is 5.95. The average molecular weight is 312 g/mol. The zero-order chi connectivity index (χ0) is 15.5. The Bertz CT molecular complexity index is 807. The van der Waals surface area contributed by atoms with E-state index in [1.807, 2.05) is 30.3 Å². The minimum atomic E-state index is -0.322. The van der Waals surface area contributed by atoms with E-state index in [1.54, 1.807) is 6.07 Å². The second-order valence-corrected chi connectivity index (χ2v) is 5.58. The van der Waals surface area contributed by atoms with Crippen LogP contribution in [0.3, 0.4) is 0 Å². The summed E-state index contributed by atoms with van der Waals surface area (Å²) in [6.45, 7) is 1.49. The highest BCUT2D eigenvalue weighted by Crippen LogP contribution is 2.31. The van der Waals surface area contributed by atoms with E-state index in [4.69, 9.17) is 4.42 Å². The molecule has 0 saturated heterocycles. The SMILES string of the molecule is CC(=O)c1sc(NC(=O)c2ccoc2)nc1-c1ccccc1. The van der Waals surface area contributed by atoms with Gasteiger partial charge in [-0.05, 0) is 6.07 Å². The van der Waals surface area contributed by atoms with Gasteiger partial charge < -0.3 is 4.42 Å². The van der Waals surface area contributed by atoms with E-state index >= 15 is 0 Å². The standard InChI is InChI=1S/C16H12N2O3S/c1-10(19)14-13(11-5-3-2-4-6-11)17-16(22-14)18-15(20)12-7-8-21-9-12/h2-9H,1H3,(H,17,18,20). The topological polar surface area (TPSA) is 72.2 Å².